The lowest BCUT2D eigenvalue weighted by Gasteiger charge is -2.13. The van der Waals surface area contributed by atoms with E-state index < -0.39 is 15.9 Å². The molecule has 0 bridgehead atoms. The Morgan fingerprint density at radius 3 is 2.23 bits per heavy atom. The maximum absolute atomic E-state index is 12.8. The molecule has 3 aromatic rings. The first-order valence-electron chi connectivity index (χ1n) is 8.90. The van der Waals surface area contributed by atoms with Crippen LogP contribution in [0.3, 0.4) is 0 Å². The number of halogens is 2. The number of anilines is 2. The van der Waals surface area contributed by atoms with E-state index in [1.165, 1.54) is 42.5 Å². The average Bonchev–Trinajstić information content (AvgIpc) is 2.68. The SMILES string of the molecule is CCOc1ccc(S(=O)(=O)Nc2ccccc2C(=O)Nc2cc(Cl)cc(Cl)c2)cc1. The minimum absolute atomic E-state index is 0.0442. The molecule has 0 saturated heterocycles. The molecule has 0 heterocycles. The van der Waals surface area contributed by atoms with Gasteiger partial charge in [0, 0.05) is 15.7 Å². The predicted octanol–water partition coefficient (Wildman–Crippen LogP) is 5.45. The predicted molar refractivity (Wildman–Crippen MR) is 119 cm³/mol. The highest BCUT2D eigenvalue weighted by molar-refractivity contribution is 7.92. The topological polar surface area (TPSA) is 84.5 Å². The summed E-state index contributed by atoms with van der Waals surface area (Å²) in [5.41, 5.74) is 0.668. The molecule has 0 aliphatic heterocycles. The number of benzene rings is 3. The van der Waals surface area contributed by atoms with Crippen LogP contribution in [-0.2, 0) is 10.0 Å². The molecule has 6 nitrogen and oxygen atoms in total. The van der Waals surface area contributed by atoms with Crippen LogP contribution in [0.1, 0.15) is 17.3 Å². The lowest BCUT2D eigenvalue weighted by Crippen LogP contribution is -2.18. The molecule has 3 rings (SSSR count). The monoisotopic (exact) mass is 464 g/mol. The zero-order valence-electron chi connectivity index (χ0n) is 15.9. The Labute approximate surface area is 184 Å². The number of nitrogens with one attached hydrogen (secondary N) is 2. The van der Waals surface area contributed by atoms with Crippen molar-refractivity contribution >= 4 is 50.5 Å². The molecule has 0 unspecified atom stereocenters. The van der Waals surface area contributed by atoms with E-state index in [1.807, 2.05) is 6.92 Å². The summed E-state index contributed by atoms with van der Waals surface area (Å²) in [6, 6.07) is 16.9. The van der Waals surface area contributed by atoms with E-state index in [1.54, 1.807) is 24.3 Å². The van der Waals surface area contributed by atoms with Crippen LogP contribution in [0.15, 0.2) is 71.6 Å². The van der Waals surface area contributed by atoms with Gasteiger partial charge >= 0.3 is 0 Å². The second-order valence-corrected chi connectivity index (χ2v) is 8.72. The van der Waals surface area contributed by atoms with Gasteiger partial charge in [-0.05, 0) is 61.5 Å². The molecule has 3 aromatic carbocycles. The third kappa shape index (κ3) is 5.44. The molecular weight excluding hydrogens is 447 g/mol. The lowest BCUT2D eigenvalue weighted by molar-refractivity contribution is 0.102. The van der Waals surface area contributed by atoms with Gasteiger partial charge in [-0.15, -0.1) is 0 Å². The summed E-state index contributed by atoms with van der Waals surface area (Å²) in [6.45, 7) is 2.32. The summed E-state index contributed by atoms with van der Waals surface area (Å²) in [4.78, 5) is 12.8. The fourth-order valence-electron chi connectivity index (χ4n) is 2.68. The number of carbonyl (C=O) groups is 1. The number of ether oxygens (including phenoxy) is 1. The maximum atomic E-state index is 12.8. The Bertz CT molecular complexity index is 1150. The number of hydrogen-bond donors (Lipinski definition) is 2. The van der Waals surface area contributed by atoms with E-state index in [0.29, 0.717) is 28.1 Å². The summed E-state index contributed by atoms with van der Waals surface area (Å²) in [7, 11) is -3.92. The van der Waals surface area contributed by atoms with Crippen LogP contribution in [-0.4, -0.2) is 20.9 Å². The van der Waals surface area contributed by atoms with Crippen molar-refractivity contribution in [2.45, 2.75) is 11.8 Å². The summed E-state index contributed by atoms with van der Waals surface area (Å²) in [5.74, 6) is 0.0507. The smallest absolute Gasteiger partial charge is 0.261 e. The molecule has 0 radical (unpaired) electrons. The van der Waals surface area contributed by atoms with E-state index in [-0.39, 0.29) is 16.1 Å². The molecule has 0 aliphatic carbocycles. The van der Waals surface area contributed by atoms with Crippen molar-refractivity contribution in [2.75, 3.05) is 16.6 Å². The number of rotatable bonds is 7. The fourth-order valence-corrected chi connectivity index (χ4v) is 4.29. The Morgan fingerprint density at radius 2 is 1.60 bits per heavy atom. The number of hydrogen-bond acceptors (Lipinski definition) is 4. The molecule has 0 atom stereocenters. The number of amides is 1. The quantitative estimate of drug-likeness (QED) is 0.486. The Morgan fingerprint density at radius 1 is 0.967 bits per heavy atom. The van der Waals surface area contributed by atoms with Gasteiger partial charge in [0.15, 0.2) is 0 Å². The van der Waals surface area contributed by atoms with Crippen molar-refractivity contribution in [3.05, 3.63) is 82.3 Å². The van der Waals surface area contributed by atoms with Crippen LogP contribution in [0.4, 0.5) is 11.4 Å². The van der Waals surface area contributed by atoms with Crippen molar-refractivity contribution in [3.8, 4) is 5.75 Å². The molecular formula is C21H18Cl2N2O4S. The van der Waals surface area contributed by atoms with Gasteiger partial charge in [-0.1, -0.05) is 35.3 Å². The first kappa shape index (κ1) is 22.0. The van der Waals surface area contributed by atoms with E-state index in [4.69, 9.17) is 27.9 Å². The summed E-state index contributed by atoms with van der Waals surface area (Å²) >= 11 is 11.9. The summed E-state index contributed by atoms with van der Waals surface area (Å²) in [6.07, 6.45) is 0. The molecule has 2 N–H and O–H groups in total. The number of sulfonamides is 1. The second kappa shape index (κ2) is 9.38. The summed E-state index contributed by atoms with van der Waals surface area (Å²) < 4.78 is 33.3. The first-order chi connectivity index (χ1) is 14.3. The molecule has 0 aromatic heterocycles. The van der Waals surface area contributed by atoms with Crippen LogP contribution >= 0.6 is 23.2 Å². The van der Waals surface area contributed by atoms with Crippen molar-refractivity contribution in [3.63, 3.8) is 0 Å². The average molecular weight is 465 g/mol. The lowest BCUT2D eigenvalue weighted by atomic mass is 10.1. The van der Waals surface area contributed by atoms with E-state index >= 15 is 0 Å². The number of carbonyl (C=O) groups excluding carboxylic acids is 1. The fraction of sp³-hybridized carbons (Fsp3) is 0.0952. The van der Waals surface area contributed by atoms with E-state index in [2.05, 4.69) is 10.0 Å². The Hall–Kier alpha value is -2.74. The third-order valence-electron chi connectivity index (χ3n) is 3.98. The van der Waals surface area contributed by atoms with E-state index in [0.717, 1.165) is 0 Å². The first-order valence-corrected chi connectivity index (χ1v) is 11.1. The molecule has 9 heteroatoms. The van der Waals surface area contributed by atoms with Crippen molar-refractivity contribution < 1.29 is 17.9 Å². The van der Waals surface area contributed by atoms with Crippen LogP contribution in [0.5, 0.6) is 5.75 Å². The van der Waals surface area contributed by atoms with Gasteiger partial charge in [-0.3, -0.25) is 9.52 Å². The van der Waals surface area contributed by atoms with Gasteiger partial charge in [0.2, 0.25) is 0 Å². The molecule has 1 amide bonds. The zero-order chi connectivity index (χ0) is 21.7. The molecule has 0 fully saturated rings. The van der Waals surface area contributed by atoms with Gasteiger partial charge < -0.3 is 10.1 Å². The molecule has 0 aliphatic rings. The van der Waals surface area contributed by atoms with Crippen LogP contribution < -0.4 is 14.8 Å². The third-order valence-corrected chi connectivity index (χ3v) is 5.80. The van der Waals surface area contributed by atoms with Crippen molar-refractivity contribution in [2.24, 2.45) is 0 Å². The highest BCUT2D eigenvalue weighted by atomic mass is 35.5. The van der Waals surface area contributed by atoms with Crippen LogP contribution in [0.2, 0.25) is 10.0 Å². The van der Waals surface area contributed by atoms with Crippen molar-refractivity contribution in [1.29, 1.82) is 0 Å². The zero-order valence-corrected chi connectivity index (χ0v) is 18.2. The van der Waals surface area contributed by atoms with Gasteiger partial charge in [0.25, 0.3) is 15.9 Å². The maximum Gasteiger partial charge on any atom is 0.261 e. The highest BCUT2D eigenvalue weighted by Gasteiger charge is 2.19. The van der Waals surface area contributed by atoms with Crippen LogP contribution in [0, 0.1) is 0 Å². The standard InChI is InChI=1S/C21H18Cl2N2O4S/c1-2-29-17-7-9-18(10-8-17)30(27,28)25-20-6-4-3-5-19(20)21(26)24-16-12-14(22)11-15(23)13-16/h3-13,25H,2H2,1H3,(H,24,26). The molecule has 0 spiro atoms. The Balaban J connectivity index is 1.84. The normalized spacial score (nSPS) is 11.0. The van der Waals surface area contributed by atoms with Crippen LogP contribution in [0.25, 0.3) is 0 Å². The summed E-state index contributed by atoms with van der Waals surface area (Å²) in [5, 5.41) is 3.39. The second-order valence-electron chi connectivity index (χ2n) is 6.17. The van der Waals surface area contributed by atoms with Gasteiger partial charge in [0.1, 0.15) is 5.75 Å². The van der Waals surface area contributed by atoms with Gasteiger partial charge in [-0.25, -0.2) is 8.42 Å². The van der Waals surface area contributed by atoms with Gasteiger partial charge in [-0.2, -0.15) is 0 Å². The van der Waals surface area contributed by atoms with E-state index in [9.17, 15) is 13.2 Å². The van der Waals surface area contributed by atoms with Crippen molar-refractivity contribution in [1.82, 2.24) is 0 Å². The minimum atomic E-state index is -3.92. The molecule has 30 heavy (non-hydrogen) atoms. The molecule has 156 valence electrons. The minimum Gasteiger partial charge on any atom is -0.494 e. The highest BCUT2D eigenvalue weighted by Crippen LogP contribution is 2.25. The Kier molecular flexibility index (Phi) is 6.87. The molecule has 0 saturated carbocycles. The largest absolute Gasteiger partial charge is 0.494 e. The van der Waals surface area contributed by atoms with Gasteiger partial charge in [0.05, 0.1) is 22.8 Å². The number of para-hydroxylation sites is 1.